The van der Waals surface area contributed by atoms with Crippen molar-refractivity contribution in [2.75, 3.05) is 26.4 Å². The summed E-state index contributed by atoms with van der Waals surface area (Å²) < 4.78 is 21.6. The Morgan fingerprint density at radius 1 is 0.773 bits per heavy atom. The van der Waals surface area contributed by atoms with Crippen molar-refractivity contribution in [3.63, 3.8) is 0 Å². The molecular formula is C16H22O6. The summed E-state index contributed by atoms with van der Waals surface area (Å²) in [7, 11) is 0. The number of hydrogen-bond donors (Lipinski definition) is 0. The number of Topliss-reactive ketones (excluding diaryl/α,β-unsaturated/α-hetero) is 1. The molecule has 2 aliphatic carbocycles. The Labute approximate surface area is 129 Å². The predicted octanol–water partition coefficient (Wildman–Crippen LogP) is 1.52. The minimum absolute atomic E-state index is 0.162. The molecule has 2 saturated heterocycles. The van der Waals surface area contributed by atoms with Gasteiger partial charge >= 0.3 is 0 Å². The lowest BCUT2D eigenvalue weighted by Gasteiger charge is -2.30. The highest BCUT2D eigenvalue weighted by Gasteiger charge is 2.39. The third-order valence-corrected chi connectivity index (χ3v) is 4.40. The molecule has 2 heterocycles. The van der Waals surface area contributed by atoms with Crippen molar-refractivity contribution in [2.24, 2.45) is 0 Å². The second kappa shape index (κ2) is 6.58. The average Bonchev–Trinajstić information content (AvgIpc) is 3.18. The van der Waals surface area contributed by atoms with Crippen molar-refractivity contribution in [3.8, 4) is 0 Å². The van der Waals surface area contributed by atoms with Crippen LogP contribution in [0.5, 0.6) is 0 Å². The van der Waals surface area contributed by atoms with Gasteiger partial charge in [0, 0.05) is 38.5 Å². The van der Waals surface area contributed by atoms with Crippen LogP contribution in [0.25, 0.3) is 0 Å². The molecule has 0 bridgehead atoms. The van der Waals surface area contributed by atoms with Crippen molar-refractivity contribution < 1.29 is 28.5 Å². The van der Waals surface area contributed by atoms with Gasteiger partial charge in [-0.1, -0.05) is 0 Å². The number of carbonyl (C=O) groups is 2. The summed E-state index contributed by atoms with van der Waals surface area (Å²) in [6, 6.07) is 0. The highest BCUT2D eigenvalue weighted by molar-refractivity contribution is 5.90. The van der Waals surface area contributed by atoms with Crippen LogP contribution in [-0.4, -0.2) is 49.6 Å². The number of carbonyl (C=O) groups excluding carboxylic acids is 2. The predicted molar refractivity (Wildman–Crippen MR) is 76.1 cm³/mol. The van der Waals surface area contributed by atoms with Gasteiger partial charge < -0.3 is 18.9 Å². The lowest BCUT2D eigenvalue weighted by atomic mass is 9.93. The van der Waals surface area contributed by atoms with Crippen LogP contribution in [0.4, 0.5) is 0 Å². The maximum atomic E-state index is 10.9. The van der Waals surface area contributed by atoms with E-state index in [9.17, 15) is 9.59 Å². The van der Waals surface area contributed by atoms with Gasteiger partial charge in [0.2, 0.25) is 0 Å². The summed E-state index contributed by atoms with van der Waals surface area (Å²) in [5.41, 5.74) is 0. The van der Waals surface area contributed by atoms with Crippen molar-refractivity contribution in [2.45, 2.75) is 50.1 Å². The van der Waals surface area contributed by atoms with E-state index in [1.165, 1.54) is 0 Å². The minimum atomic E-state index is -0.548. The van der Waals surface area contributed by atoms with Crippen molar-refractivity contribution in [3.05, 3.63) is 12.2 Å². The molecule has 2 spiro atoms. The molecule has 1 saturated carbocycles. The molecule has 0 unspecified atom stereocenters. The topological polar surface area (TPSA) is 71.1 Å². The van der Waals surface area contributed by atoms with Gasteiger partial charge in [0.15, 0.2) is 17.4 Å². The summed E-state index contributed by atoms with van der Waals surface area (Å²) in [4.78, 5) is 21.7. The van der Waals surface area contributed by atoms with E-state index in [0.717, 1.165) is 12.8 Å². The number of rotatable bonds is 0. The lowest BCUT2D eigenvalue weighted by molar-refractivity contribution is -0.179. The Hall–Kier alpha value is -1.08. The molecule has 0 aromatic carbocycles. The molecule has 0 radical (unpaired) electrons. The number of ether oxygens (including phenoxy) is 4. The van der Waals surface area contributed by atoms with E-state index in [-0.39, 0.29) is 11.6 Å². The van der Waals surface area contributed by atoms with Crippen LogP contribution in [0.3, 0.4) is 0 Å². The molecule has 6 nitrogen and oxygen atoms in total. The smallest absolute Gasteiger partial charge is 0.188 e. The molecule has 0 aromatic heterocycles. The van der Waals surface area contributed by atoms with Gasteiger partial charge in [0.1, 0.15) is 5.78 Å². The van der Waals surface area contributed by atoms with Crippen LogP contribution in [-0.2, 0) is 28.5 Å². The Balaban J connectivity index is 0.000000131. The first kappa shape index (κ1) is 15.8. The summed E-state index contributed by atoms with van der Waals surface area (Å²) in [5.74, 6) is -0.411. The van der Waals surface area contributed by atoms with Crippen LogP contribution < -0.4 is 0 Å². The molecule has 0 amide bonds. The second-order valence-corrected chi connectivity index (χ2v) is 5.95. The standard InChI is InChI=1S/C8H12O3.C8H10O3/c2*9-7-1-3-8(4-2-7)10-5-6-11-8/h1-6H2;1,3H,2,4-6H2. The lowest BCUT2D eigenvalue weighted by Crippen LogP contribution is -2.35. The minimum Gasteiger partial charge on any atom is -0.348 e. The van der Waals surface area contributed by atoms with E-state index in [0.29, 0.717) is 57.9 Å². The molecule has 4 rings (SSSR count). The first-order valence-electron chi connectivity index (χ1n) is 7.91. The molecule has 2 aliphatic heterocycles. The van der Waals surface area contributed by atoms with Crippen molar-refractivity contribution in [1.29, 1.82) is 0 Å². The largest absolute Gasteiger partial charge is 0.348 e. The number of ketones is 2. The van der Waals surface area contributed by atoms with Crippen LogP contribution in [0.1, 0.15) is 38.5 Å². The van der Waals surface area contributed by atoms with E-state index >= 15 is 0 Å². The Kier molecular flexibility index (Phi) is 4.73. The summed E-state index contributed by atoms with van der Waals surface area (Å²) in [6.45, 7) is 2.65. The average molecular weight is 310 g/mol. The molecular weight excluding hydrogens is 288 g/mol. The maximum Gasteiger partial charge on any atom is 0.188 e. The fourth-order valence-corrected chi connectivity index (χ4v) is 3.09. The first-order chi connectivity index (χ1) is 10.6. The SMILES string of the molecule is O=C1C=CC2(CC1)OCCO2.O=C1CCC2(CC1)OCCO2. The fraction of sp³-hybridized carbons (Fsp3) is 0.750. The second-order valence-electron chi connectivity index (χ2n) is 5.95. The Morgan fingerprint density at radius 2 is 1.36 bits per heavy atom. The summed E-state index contributed by atoms with van der Waals surface area (Å²) in [6.07, 6.45) is 7.25. The van der Waals surface area contributed by atoms with Gasteiger partial charge in [-0.3, -0.25) is 9.59 Å². The van der Waals surface area contributed by atoms with E-state index in [1.54, 1.807) is 12.2 Å². The van der Waals surface area contributed by atoms with E-state index < -0.39 is 5.79 Å². The quantitative estimate of drug-likeness (QED) is 0.675. The maximum absolute atomic E-state index is 10.9. The zero-order valence-electron chi connectivity index (χ0n) is 12.7. The summed E-state index contributed by atoms with van der Waals surface area (Å²) in [5, 5.41) is 0. The molecule has 4 aliphatic rings. The highest BCUT2D eigenvalue weighted by atomic mass is 16.7. The Morgan fingerprint density at radius 3 is 1.91 bits per heavy atom. The monoisotopic (exact) mass is 310 g/mol. The molecule has 122 valence electrons. The van der Waals surface area contributed by atoms with Crippen LogP contribution >= 0.6 is 0 Å². The first-order valence-corrected chi connectivity index (χ1v) is 7.91. The third-order valence-electron chi connectivity index (χ3n) is 4.40. The van der Waals surface area contributed by atoms with E-state index in [4.69, 9.17) is 18.9 Å². The van der Waals surface area contributed by atoms with E-state index in [1.807, 2.05) is 0 Å². The van der Waals surface area contributed by atoms with Gasteiger partial charge in [-0.25, -0.2) is 0 Å². The molecule has 3 fully saturated rings. The normalized spacial score (nSPS) is 28.9. The zero-order chi connectivity index (χ0) is 15.5. The summed E-state index contributed by atoms with van der Waals surface area (Å²) >= 11 is 0. The van der Waals surface area contributed by atoms with Gasteiger partial charge in [-0.05, 0) is 12.2 Å². The van der Waals surface area contributed by atoms with Crippen molar-refractivity contribution in [1.82, 2.24) is 0 Å². The fourth-order valence-electron chi connectivity index (χ4n) is 3.09. The van der Waals surface area contributed by atoms with Crippen LogP contribution in [0.2, 0.25) is 0 Å². The number of hydrogen-bond acceptors (Lipinski definition) is 6. The molecule has 0 atom stereocenters. The van der Waals surface area contributed by atoms with Crippen LogP contribution in [0.15, 0.2) is 12.2 Å². The van der Waals surface area contributed by atoms with Crippen molar-refractivity contribution >= 4 is 11.6 Å². The molecule has 0 aromatic rings. The van der Waals surface area contributed by atoms with Gasteiger partial charge in [0.25, 0.3) is 0 Å². The highest BCUT2D eigenvalue weighted by Crippen LogP contribution is 2.34. The third kappa shape index (κ3) is 3.63. The zero-order valence-corrected chi connectivity index (χ0v) is 12.7. The van der Waals surface area contributed by atoms with Gasteiger partial charge in [-0.15, -0.1) is 0 Å². The van der Waals surface area contributed by atoms with Gasteiger partial charge in [0.05, 0.1) is 26.4 Å². The molecule has 6 heteroatoms. The van der Waals surface area contributed by atoms with E-state index in [2.05, 4.69) is 0 Å². The Bertz CT molecular complexity index is 445. The number of allylic oxidation sites excluding steroid dienone is 1. The van der Waals surface area contributed by atoms with Gasteiger partial charge in [-0.2, -0.15) is 0 Å². The molecule has 0 N–H and O–H groups in total. The van der Waals surface area contributed by atoms with Crippen LogP contribution in [0, 0.1) is 0 Å². The molecule has 22 heavy (non-hydrogen) atoms.